The number of thioether (sulfide) groups is 1. The van der Waals surface area contributed by atoms with Crippen molar-refractivity contribution in [1.29, 1.82) is 0 Å². The lowest BCUT2D eigenvalue weighted by atomic mass is 10.2. The van der Waals surface area contributed by atoms with Gasteiger partial charge in [0.2, 0.25) is 0 Å². The first kappa shape index (κ1) is 19.1. The zero-order chi connectivity index (χ0) is 18.2. The predicted molar refractivity (Wildman–Crippen MR) is 102 cm³/mol. The third-order valence-electron chi connectivity index (χ3n) is 3.81. The summed E-state index contributed by atoms with van der Waals surface area (Å²) in [6.07, 6.45) is 2.06. The summed E-state index contributed by atoms with van der Waals surface area (Å²) >= 11 is 1.72. The Kier molecular flexibility index (Phi) is 7.16. The highest BCUT2D eigenvalue weighted by Crippen LogP contribution is 2.28. The Balaban J connectivity index is 1.92. The minimum atomic E-state index is -0.0540. The van der Waals surface area contributed by atoms with Crippen LogP contribution in [0.2, 0.25) is 0 Å². The summed E-state index contributed by atoms with van der Waals surface area (Å²) in [5.41, 5.74) is 1.86. The molecule has 5 nitrogen and oxygen atoms in total. The van der Waals surface area contributed by atoms with Crippen LogP contribution >= 0.6 is 11.8 Å². The van der Waals surface area contributed by atoms with E-state index in [2.05, 4.69) is 35.8 Å². The zero-order valence-electron chi connectivity index (χ0n) is 15.1. The van der Waals surface area contributed by atoms with E-state index < -0.39 is 0 Å². The van der Waals surface area contributed by atoms with Gasteiger partial charge >= 0.3 is 0 Å². The summed E-state index contributed by atoms with van der Waals surface area (Å²) < 4.78 is 10.5. The number of rotatable bonds is 8. The topological polar surface area (TPSA) is 52.0 Å². The molecule has 0 bridgehead atoms. The highest BCUT2D eigenvalue weighted by atomic mass is 32.2. The number of likely N-dealkylation sites (N-methyl/N-ethyl adjacent to an activating group) is 1. The van der Waals surface area contributed by atoms with Crippen molar-refractivity contribution in [3.05, 3.63) is 48.0 Å². The number of nitrogens with one attached hydrogen (secondary N) is 2. The molecule has 2 aromatic rings. The number of ether oxygens (including phenoxy) is 2. The predicted octanol–water partition coefficient (Wildman–Crippen LogP) is 2.08. The molecule has 0 spiro atoms. The van der Waals surface area contributed by atoms with Gasteiger partial charge in [-0.2, -0.15) is 0 Å². The van der Waals surface area contributed by atoms with Gasteiger partial charge in [0, 0.05) is 16.5 Å². The highest BCUT2D eigenvalue weighted by Gasteiger charge is 2.13. The van der Waals surface area contributed by atoms with E-state index in [1.165, 1.54) is 10.5 Å². The van der Waals surface area contributed by atoms with E-state index in [1.54, 1.807) is 44.2 Å². The molecular weight excluding hydrogens is 336 g/mol. The quantitative estimate of drug-likeness (QED) is 0.707. The molecule has 0 aliphatic carbocycles. The van der Waals surface area contributed by atoms with Crippen LogP contribution in [0.3, 0.4) is 0 Å². The van der Waals surface area contributed by atoms with E-state index >= 15 is 0 Å². The molecule has 134 valence electrons. The van der Waals surface area contributed by atoms with Crippen LogP contribution < -0.4 is 19.7 Å². The maximum Gasteiger partial charge on any atom is 0.279 e. The van der Waals surface area contributed by atoms with Gasteiger partial charge in [0.25, 0.3) is 5.91 Å². The minimum absolute atomic E-state index is 0.0540. The summed E-state index contributed by atoms with van der Waals surface area (Å²) in [6.45, 7) is 1.17. The van der Waals surface area contributed by atoms with Crippen LogP contribution in [0.4, 0.5) is 5.69 Å². The van der Waals surface area contributed by atoms with Crippen LogP contribution in [-0.4, -0.2) is 40.0 Å². The summed E-state index contributed by atoms with van der Waals surface area (Å²) in [5, 5.41) is 2.90. The van der Waals surface area contributed by atoms with Crippen LogP contribution in [0, 0.1) is 0 Å². The van der Waals surface area contributed by atoms with E-state index in [1.807, 2.05) is 7.05 Å². The van der Waals surface area contributed by atoms with E-state index in [9.17, 15) is 4.79 Å². The van der Waals surface area contributed by atoms with Crippen molar-refractivity contribution in [3.63, 3.8) is 0 Å². The van der Waals surface area contributed by atoms with Crippen LogP contribution in [-0.2, 0) is 11.3 Å². The Morgan fingerprint density at radius 3 is 2.44 bits per heavy atom. The van der Waals surface area contributed by atoms with E-state index in [-0.39, 0.29) is 5.91 Å². The number of anilines is 1. The van der Waals surface area contributed by atoms with Crippen molar-refractivity contribution in [2.75, 3.05) is 39.4 Å². The minimum Gasteiger partial charge on any atom is -0.497 e. The SMILES string of the molecule is COc1ccc(NC(=O)C[NH+](C)Cc2ccc(SC)cc2)c(OC)c1. The van der Waals surface area contributed by atoms with E-state index in [0.717, 1.165) is 11.4 Å². The van der Waals surface area contributed by atoms with Gasteiger partial charge in [-0.1, -0.05) is 12.1 Å². The number of benzene rings is 2. The largest absolute Gasteiger partial charge is 0.497 e. The molecule has 0 aliphatic heterocycles. The van der Waals surface area contributed by atoms with Crippen molar-refractivity contribution in [1.82, 2.24) is 0 Å². The smallest absolute Gasteiger partial charge is 0.279 e. The number of quaternary nitrogens is 1. The number of amides is 1. The van der Waals surface area contributed by atoms with Crippen molar-refractivity contribution in [3.8, 4) is 11.5 Å². The number of methoxy groups -OCH3 is 2. The second kappa shape index (κ2) is 9.34. The van der Waals surface area contributed by atoms with Gasteiger partial charge in [-0.15, -0.1) is 11.8 Å². The molecule has 1 amide bonds. The monoisotopic (exact) mass is 361 g/mol. The number of hydrogen-bond donors (Lipinski definition) is 2. The first-order valence-corrected chi connectivity index (χ1v) is 9.24. The van der Waals surface area contributed by atoms with Gasteiger partial charge in [0.15, 0.2) is 6.54 Å². The lowest BCUT2D eigenvalue weighted by Crippen LogP contribution is -3.08. The molecule has 0 heterocycles. The van der Waals surface area contributed by atoms with Crippen molar-refractivity contribution >= 4 is 23.4 Å². The molecule has 2 rings (SSSR count). The molecule has 2 N–H and O–H groups in total. The Hall–Kier alpha value is -2.18. The molecule has 0 saturated heterocycles. The average Bonchev–Trinajstić information content (AvgIpc) is 2.62. The number of hydrogen-bond acceptors (Lipinski definition) is 4. The van der Waals surface area contributed by atoms with Gasteiger partial charge in [-0.05, 0) is 30.5 Å². The van der Waals surface area contributed by atoms with Crippen molar-refractivity contribution < 1.29 is 19.2 Å². The molecular formula is C19H25N2O3S+. The molecule has 2 aromatic carbocycles. The fourth-order valence-corrected chi connectivity index (χ4v) is 2.93. The second-order valence-corrected chi connectivity index (χ2v) is 6.65. The second-order valence-electron chi connectivity index (χ2n) is 5.77. The fourth-order valence-electron chi connectivity index (χ4n) is 2.52. The Bertz CT molecular complexity index is 704. The molecule has 0 aliphatic rings. The van der Waals surface area contributed by atoms with Gasteiger partial charge in [0.05, 0.1) is 27.0 Å². The summed E-state index contributed by atoms with van der Waals surface area (Å²) in [6, 6.07) is 13.8. The Labute approximate surface area is 153 Å². The van der Waals surface area contributed by atoms with Crippen molar-refractivity contribution in [2.45, 2.75) is 11.4 Å². The maximum atomic E-state index is 12.3. The van der Waals surface area contributed by atoms with Crippen LogP contribution in [0.5, 0.6) is 11.5 Å². The Morgan fingerprint density at radius 2 is 1.84 bits per heavy atom. The third-order valence-corrected chi connectivity index (χ3v) is 4.55. The van der Waals surface area contributed by atoms with Gasteiger partial charge in [0.1, 0.15) is 18.0 Å². The molecule has 6 heteroatoms. The summed E-state index contributed by atoms with van der Waals surface area (Å²) in [4.78, 5) is 14.7. The number of carbonyl (C=O) groups is 1. The lowest BCUT2D eigenvalue weighted by molar-refractivity contribution is -0.885. The molecule has 0 radical (unpaired) electrons. The standard InChI is InChI=1S/C19H24N2O3S/c1-21(12-14-5-8-16(25-4)9-6-14)13-19(22)20-17-10-7-15(23-2)11-18(17)24-3/h5-11H,12-13H2,1-4H3,(H,20,22)/p+1. The third kappa shape index (κ3) is 5.69. The molecule has 0 aromatic heterocycles. The van der Waals surface area contributed by atoms with E-state index in [4.69, 9.17) is 9.47 Å². The fraction of sp³-hybridized carbons (Fsp3) is 0.316. The molecule has 0 saturated carbocycles. The molecule has 1 atom stereocenters. The Morgan fingerprint density at radius 1 is 1.12 bits per heavy atom. The average molecular weight is 361 g/mol. The highest BCUT2D eigenvalue weighted by molar-refractivity contribution is 7.98. The number of carbonyl (C=O) groups excluding carboxylic acids is 1. The van der Waals surface area contributed by atoms with Gasteiger partial charge in [-0.25, -0.2) is 0 Å². The van der Waals surface area contributed by atoms with Crippen LogP contribution in [0.1, 0.15) is 5.56 Å². The summed E-state index contributed by atoms with van der Waals surface area (Å²) in [7, 11) is 5.17. The lowest BCUT2D eigenvalue weighted by Gasteiger charge is -2.15. The molecule has 0 fully saturated rings. The summed E-state index contributed by atoms with van der Waals surface area (Å²) in [5.74, 6) is 1.21. The first-order chi connectivity index (χ1) is 12.0. The maximum absolute atomic E-state index is 12.3. The van der Waals surface area contributed by atoms with Gasteiger partial charge < -0.3 is 19.7 Å². The van der Waals surface area contributed by atoms with E-state index in [0.29, 0.717) is 23.7 Å². The van der Waals surface area contributed by atoms with Crippen LogP contribution in [0.25, 0.3) is 0 Å². The van der Waals surface area contributed by atoms with Crippen molar-refractivity contribution in [2.24, 2.45) is 0 Å². The normalized spacial score (nSPS) is 11.7. The molecule has 1 unspecified atom stereocenters. The van der Waals surface area contributed by atoms with Crippen LogP contribution in [0.15, 0.2) is 47.4 Å². The first-order valence-electron chi connectivity index (χ1n) is 8.01. The van der Waals surface area contributed by atoms with Gasteiger partial charge in [-0.3, -0.25) is 4.79 Å². The zero-order valence-corrected chi connectivity index (χ0v) is 15.9. The molecule has 25 heavy (non-hydrogen) atoms.